The van der Waals surface area contributed by atoms with Crippen molar-refractivity contribution in [3.8, 4) is 5.75 Å². The highest BCUT2D eigenvalue weighted by Crippen LogP contribution is 2.33. The van der Waals surface area contributed by atoms with Gasteiger partial charge in [-0.05, 0) is 23.8 Å². The molecule has 27 heavy (non-hydrogen) atoms. The predicted molar refractivity (Wildman–Crippen MR) is 92.3 cm³/mol. The molecule has 0 aliphatic carbocycles. The van der Waals surface area contributed by atoms with Gasteiger partial charge in [0.25, 0.3) is 0 Å². The molecule has 0 saturated heterocycles. The lowest BCUT2D eigenvalue weighted by molar-refractivity contribution is -0.275. The number of ether oxygens (including phenoxy) is 2. The maximum atomic E-state index is 12.7. The minimum absolute atomic E-state index is 0.174. The highest BCUT2D eigenvalue weighted by atomic mass is 79.9. The first kappa shape index (κ1) is 21.2. The van der Waals surface area contributed by atoms with Gasteiger partial charge < -0.3 is 9.47 Å². The Morgan fingerprint density at radius 2 is 1.78 bits per heavy atom. The van der Waals surface area contributed by atoms with E-state index >= 15 is 0 Å². The van der Waals surface area contributed by atoms with Crippen LogP contribution in [0.25, 0.3) is 0 Å². The van der Waals surface area contributed by atoms with Crippen molar-refractivity contribution in [2.45, 2.75) is 17.3 Å². The van der Waals surface area contributed by atoms with E-state index in [1.165, 1.54) is 18.2 Å². The summed E-state index contributed by atoms with van der Waals surface area (Å²) in [5.41, 5.74) is 0.253. The molecule has 146 valence electrons. The molecule has 1 atom stereocenters. The van der Waals surface area contributed by atoms with Crippen LogP contribution in [0.5, 0.6) is 5.75 Å². The lowest BCUT2D eigenvalue weighted by atomic mass is 10.1. The molecule has 0 aliphatic rings. The summed E-state index contributed by atoms with van der Waals surface area (Å²) >= 11 is 2.96. The molecule has 0 spiro atoms. The van der Waals surface area contributed by atoms with Gasteiger partial charge in [0.05, 0.1) is 7.11 Å². The van der Waals surface area contributed by atoms with Gasteiger partial charge in [-0.15, -0.1) is 13.2 Å². The summed E-state index contributed by atoms with van der Waals surface area (Å²) in [6.07, 6.45) is -5.10. The number of hydrogen-bond donors (Lipinski definition) is 1. The number of hydrogen-bond acceptors (Lipinski definition) is 5. The van der Waals surface area contributed by atoms with Gasteiger partial charge in [-0.25, -0.2) is 13.2 Å². The van der Waals surface area contributed by atoms with E-state index in [2.05, 4.69) is 30.1 Å². The van der Waals surface area contributed by atoms with Crippen LogP contribution in [0.2, 0.25) is 0 Å². The number of sulfonamides is 1. The molecule has 0 fully saturated rings. The second-order valence-electron chi connectivity index (χ2n) is 5.13. The fourth-order valence-corrected chi connectivity index (χ4v) is 3.76. The van der Waals surface area contributed by atoms with E-state index in [4.69, 9.17) is 0 Å². The Balaban J connectivity index is 2.47. The molecule has 0 bridgehead atoms. The standard InChI is InChI=1S/C16H13BrF3NO5S/c1-25-15(22)14(10-5-3-2-4-6-10)21-27(23,24)13-8-7-11(17)9-12(13)26-16(18,19)20/h2-9,14,21H,1H3/t14-/m1/s1. The van der Waals surface area contributed by atoms with Gasteiger partial charge in [-0.1, -0.05) is 46.3 Å². The normalized spacial score (nSPS) is 13.1. The number of rotatable bonds is 6. The molecule has 0 heterocycles. The molecule has 0 radical (unpaired) electrons. The Morgan fingerprint density at radius 3 is 2.33 bits per heavy atom. The summed E-state index contributed by atoms with van der Waals surface area (Å²) in [5, 5.41) is 0. The molecular formula is C16H13BrF3NO5S. The van der Waals surface area contributed by atoms with Crippen LogP contribution in [0.4, 0.5) is 13.2 Å². The Kier molecular flexibility index (Phi) is 6.50. The van der Waals surface area contributed by atoms with Crippen LogP contribution in [0.15, 0.2) is 57.9 Å². The van der Waals surface area contributed by atoms with Crippen molar-refractivity contribution in [2.75, 3.05) is 7.11 Å². The maximum Gasteiger partial charge on any atom is 0.573 e. The van der Waals surface area contributed by atoms with Gasteiger partial charge in [0.15, 0.2) is 5.75 Å². The topological polar surface area (TPSA) is 81.7 Å². The molecule has 0 aliphatic heterocycles. The Labute approximate surface area is 161 Å². The van der Waals surface area contributed by atoms with Crippen molar-refractivity contribution < 1.29 is 35.9 Å². The molecule has 2 aromatic rings. The zero-order chi connectivity index (χ0) is 20.2. The Hall–Kier alpha value is -2.11. The Bertz CT molecular complexity index is 919. The van der Waals surface area contributed by atoms with Crippen LogP contribution >= 0.6 is 15.9 Å². The number of carbonyl (C=O) groups is 1. The zero-order valence-corrected chi connectivity index (χ0v) is 16.1. The van der Waals surface area contributed by atoms with E-state index in [9.17, 15) is 26.4 Å². The van der Waals surface area contributed by atoms with Crippen molar-refractivity contribution in [3.63, 3.8) is 0 Å². The number of esters is 1. The first-order valence-corrected chi connectivity index (χ1v) is 9.51. The molecule has 2 aromatic carbocycles. The molecule has 6 nitrogen and oxygen atoms in total. The average Bonchev–Trinajstić information content (AvgIpc) is 2.58. The third-order valence-corrected chi connectivity index (χ3v) is 5.22. The van der Waals surface area contributed by atoms with Crippen LogP contribution in [0, 0.1) is 0 Å². The summed E-state index contributed by atoms with van der Waals surface area (Å²) in [5.74, 6) is -1.87. The maximum absolute atomic E-state index is 12.7. The van der Waals surface area contributed by atoms with Gasteiger partial charge in [0.2, 0.25) is 10.0 Å². The van der Waals surface area contributed by atoms with Crippen LogP contribution in [-0.2, 0) is 19.6 Å². The average molecular weight is 468 g/mol. The second-order valence-corrected chi connectivity index (χ2v) is 7.73. The highest BCUT2D eigenvalue weighted by molar-refractivity contribution is 9.10. The van der Waals surface area contributed by atoms with Gasteiger partial charge in [-0.2, -0.15) is 4.72 Å². The summed E-state index contributed by atoms with van der Waals surface area (Å²) in [7, 11) is -3.52. The molecule has 0 aromatic heterocycles. The fraction of sp³-hybridized carbons (Fsp3) is 0.188. The fourth-order valence-electron chi connectivity index (χ4n) is 2.14. The largest absolute Gasteiger partial charge is 0.573 e. The first-order valence-electron chi connectivity index (χ1n) is 7.24. The lowest BCUT2D eigenvalue weighted by Crippen LogP contribution is -2.35. The number of halogens is 4. The minimum atomic E-state index is -5.10. The van der Waals surface area contributed by atoms with Crippen LogP contribution in [0.1, 0.15) is 11.6 Å². The van der Waals surface area contributed by atoms with E-state index in [0.717, 1.165) is 19.2 Å². The van der Waals surface area contributed by atoms with E-state index < -0.39 is 39.0 Å². The summed E-state index contributed by atoms with van der Waals surface area (Å²) in [4.78, 5) is 11.2. The number of methoxy groups -OCH3 is 1. The molecule has 0 unspecified atom stereocenters. The van der Waals surface area contributed by atoms with E-state index in [0.29, 0.717) is 0 Å². The monoisotopic (exact) mass is 467 g/mol. The molecule has 11 heteroatoms. The third kappa shape index (κ3) is 5.68. The van der Waals surface area contributed by atoms with Crippen molar-refractivity contribution in [2.24, 2.45) is 0 Å². The predicted octanol–water partition coefficient (Wildman–Crippen LogP) is 3.54. The van der Waals surface area contributed by atoms with E-state index in [-0.39, 0.29) is 10.0 Å². The van der Waals surface area contributed by atoms with Crippen molar-refractivity contribution >= 4 is 31.9 Å². The van der Waals surface area contributed by atoms with Crippen LogP contribution < -0.4 is 9.46 Å². The molecule has 0 amide bonds. The van der Waals surface area contributed by atoms with Gasteiger partial charge in [-0.3, -0.25) is 0 Å². The molecule has 1 N–H and O–H groups in total. The number of nitrogens with one attached hydrogen (secondary N) is 1. The molecule has 0 saturated carbocycles. The lowest BCUT2D eigenvalue weighted by Gasteiger charge is -2.19. The van der Waals surface area contributed by atoms with Gasteiger partial charge >= 0.3 is 12.3 Å². The molecular weight excluding hydrogens is 455 g/mol. The smallest absolute Gasteiger partial charge is 0.468 e. The second kappa shape index (κ2) is 8.28. The van der Waals surface area contributed by atoms with Crippen molar-refractivity contribution in [1.82, 2.24) is 4.72 Å². The summed E-state index contributed by atoms with van der Waals surface area (Å²) in [6, 6.07) is 9.28. The van der Waals surface area contributed by atoms with E-state index in [1.807, 2.05) is 0 Å². The van der Waals surface area contributed by atoms with Crippen LogP contribution in [-0.4, -0.2) is 27.9 Å². The van der Waals surface area contributed by atoms with E-state index in [1.54, 1.807) is 18.2 Å². The van der Waals surface area contributed by atoms with Crippen molar-refractivity contribution in [3.05, 3.63) is 58.6 Å². The SMILES string of the molecule is COC(=O)[C@H](NS(=O)(=O)c1ccc(Br)cc1OC(F)(F)F)c1ccccc1. The highest BCUT2D eigenvalue weighted by Gasteiger charge is 2.36. The number of carbonyl (C=O) groups excluding carboxylic acids is 1. The zero-order valence-electron chi connectivity index (χ0n) is 13.7. The Morgan fingerprint density at radius 1 is 1.15 bits per heavy atom. The first-order chi connectivity index (χ1) is 12.5. The summed E-state index contributed by atoms with van der Waals surface area (Å²) in [6.45, 7) is 0. The van der Waals surface area contributed by atoms with Gasteiger partial charge in [0.1, 0.15) is 10.9 Å². The van der Waals surface area contributed by atoms with Crippen molar-refractivity contribution in [1.29, 1.82) is 0 Å². The molecule has 2 rings (SSSR count). The van der Waals surface area contributed by atoms with Crippen LogP contribution in [0.3, 0.4) is 0 Å². The minimum Gasteiger partial charge on any atom is -0.468 e. The van der Waals surface area contributed by atoms with Gasteiger partial charge in [0, 0.05) is 4.47 Å². The quantitative estimate of drug-likeness (QED) is 0.657. The number of benzene rings is 2. The number of alkyl halides is 3. The third-order valence-electron chi connectivity index (χ3n) is 3.26. The summed E-state index contributed by atoms with van der Waals surface area (Å²) < 4.78 is 73.9.